The molecule has 0 amide bonds. The van der Waals surface area contributed by atoms with E-state index in [2.05, 4.69) is 9.88 Å². The van der Waals surface area contributed by atoms with Crippen LogP contribution in [0.5, 0.6) is 0 Å². The van der Waals surface area contributed by atoms with Crippen molar-refractivity contribution in [3.63, 3.8) is 0 Å². The highest BCUT2D eigenvalue weighted by Gasteiger charge is 2.34. The number of hydrogen-bond acceptors (Lipinski definition) is 4. The van der Waals surface area contributed by atoms with Crippen LogP contribution >= 0.6 is 0 Å². The van der Waals surface area contributed by atoms with Gasteiger partial charge in [0.2, 0.25) is 0 Å². The zero-order valence-electron chi connectivity index (χ0n) is 17.3. The number of nitrogens with zero attached hydrogens (tertiary/aromatic N) is 3. The monoisotopic (exact) mass is 431 g/mol. The zero-order valence-corrected chi connectivity index (χ0v) is 18.1. The van der Waals surface area contributed by atoms with Crippen LogP contribution in [-0.4, -0.2) is 41.4 Å². The van der Waals surface area contributed by atoms with E-state index in [0.29, 0.717) is 22.4 Å². The molecule has 2 fully saturated rings. The molecule has 2 atom stereocenters. The minimum atomic E-state index is -3.75. The third-order valence-electron chi connectivity index (χ3n) is 7.15. The van der Waals surface area contributed by atoms with E-state index in [0.717, 1.165) is 41.1 Å². The standard InChI is InChI=1S/C25H25N3O2S/c29-31(30,25-9-3-6-18-5-1-2-8-21(18)25)28-17-23(22-16-26-12-10-24(22)28)19-11-14-27-13-4-7-20(27)15-19/h1-3,5-6,8-10,12,16-17,19-20H,4,7,11,13-15H2. The fourth-order valence-corrected chi connectivity index (χ4v) is 7.22. The van der Waals surface area contributed by atoms with E-state index in [1.54, 1.807) is 12.3 Å². The van der Waals surface area contributed by atoms with Crippen molar-refractivity contribution in [3.8, 4) is 0 Å². The summed E-state index contributed by atoms with van der Waals surface area (Å²) in [5.41, 5.74) is 1.84. The maximum Gasteiger partial charge on any atom is 0.268 e. The van der Waals surface area contributed by atoms with Gasteiger partial charge in [0.25, 0.3) is 10.0 Å². The van der Waals surface area contributed by atoms with Crippen LogP contribution in [0.25, 0.3) is 21.7 Å². The van der Waals surface area contributed by atoms with Gasteiger partial charge in [-0.15, -0.1) is 0 Å². The lowest BCUT2D eigenvalue weighted by Crippen LogP contribution is -2.37. The van der Waals surface area contributed by atoms with Gasteiger partial charge >= 0.3 is 0 Å². The molecule has 2 saturated heterocycles. The Hall–Kier alpha value is -2.70. The summed E-state index contributed by atoms with van der Waals surface area (Å²) in [5, 5.41) is 2.64. The average Bonchev–Trinajstić information content (AvgIpc) is 3.43. The van der Waals surface area contributed by atoms with Crippen molar-refractivity contribution in [2.24, 2.45) is 0 Å². The molecular formula is C25H25N3O2S. The second kappa shape index (κ2) is 7.18. The van der Waals surface area contributed by atoms with Crippen molar-refractivity contribution in [1.82, 2.24) is 13.9 Å². The van der Waals surface area contributed by atoms with Crippen molar-refractivity contribution in [2.75, 3.05) is 13.1 Å². The molecule has 2 aromatic heterocycles. The highest BCUT2D eigenvalue weighted by atomic mass is 32.2. The molecule has 2 aliphatic heterocycles. The Kier molecular flexibility index (Phi) is 4.40. The fourth-order valence-electron chi connectivity index (χ4n) is 5.62. The normalized spacial score (nSPS) is 22.2. The molecular weight excluding hydrogens is 406 g/mol. The van der Waals surface area contributed by atoms with Gasteiger partial charge in [0, 0.05) is 35.4 Å². The molecule has 2 aromatic carbocycles. The molecule has 0 radical (unpaired) electrons. The van der Waals surface area contributed by atoms with Crippen molar-refractivity contribution in [2.45, 2.75) is 42.5 Å². The summed E-state index contributed by atoms with van der Waals surface area (Å²) in [6.45, 7) is 2.30. The Labute approximate surface area is 182 Å². The zero-order chi connectivity index (χ0) is 21.0. The van der Waals surface area contributed by atoms with Crippen LogP contribution in [0.2, 0.25) is 0 Å². The summed E-state index contributed by atoms with van der Waals surface area (Å²) in [7, 11) is -3.75. The van der Waals surface area contributed by atoms with Crippen LogP contribution < -0.4 is 0 Å². The van der Waals surface area contributed by atoms with Crippen LogP contribution in [0.4, 0.5) is 0 Å². The molecule has 6 rings (SSSR count). The molecule has 2 unspecified atom stereocenters. The lowest BCUT2D eigenvalue weighted by molar-refractivity contribution is 0.181. The van der Waals surface area contributed by atoms with E-state index in [-0.39, 0.29) is 0 Å². The van der Waals surface area contributed by atoms with Gasteiger partial charge in [-0.25, -0.2) is 12.4 Å². The first-order valence-electron chi connectivity index (χ1n) is 11.1. The first-order chi connectivity index (χ1) is 15.1. The van der Waals surface area contributed by atoms with Gasteiger partial charge in [0.05, 0.1) is 10.4 Å². The van der Waals surface area contributed by atoms with Crippen molar-refractivity contribution in [3.05, 3.63) is 72.7 Å². The molecule has 2 aliphatic rings. The smallest absolute Gasteiger partial charge is 0.268 e. The molecule has 0 saturated carbocycles. The molecule has 6 heteroatoms. The molecule has 0 aliphatic carbocycles. The Balaban J connectivity index is 1.51. The van der Waals surface area contributed by atoms with E-state index < -0.39 is 10.0 Å². The lowest BCUT2D eigenvalue weighted by Gasteiger charge is -2.34. The van der Waals surface area contributed by atoms with Gasteiger partial charge in [0.15, 0.2) is 0 Å². The van der Waals surface area contributed by atoms with E-state index >= 15 is 0 Å². The molecule has 158 valence electrons. The van der Waals surface area contributed by atoms with Crippen molar-refractivity contribution < 1.29 is 8.42 Å². The van der Waals surface area contributed by atoms with Crippen LogP contribution in [0.15, 0.2) is 72.0 Å². The predicted molar refractivity (Wildman–Crippen MR) is 123 cm³/mol. The maximum atomic E-state index is 13.9. The van der Waals surface area contributed by atoms with E-state index in [1.165, 1.54) is 23.4 Å². The number of pyridine rings is 1. The first-order valence-corrected chi connectivity index (χ1v) is 12.5. The minimum absolute atomic E-state index is 0.344. The SMILES string of the molecule is O=S(=O)(c1cccc2ccccc12)n1cc(C2CCN3CCCC3C2)c2cnccc21. The summed E-state index contributed by atoms with van der Waals surface area (Å²) >= 11 is 0. The largest absolute Gasteiger partial charge is 0.300 e. The number of aromatic nitrogens is 2. The third kappa shape index (κ3) is 3.00. The Bertz CT molecular complexity index is 1390. The number of rotatable bonds is 3. The lowest BCUT2D eigenvalue weighted by atomic mass is 9.85. The predicted octanol–water partition coefficient (Wildman–Crippen LogP) is 4.77. The van der Waals surface area contributed by atoms with Crippen molar-refractivity contribution >= 4 is 31.7 Å². The molecule has 0 N–H and O–H groups in total. The van der Waals surface area contributed by atoms with Gasteiger partial charge in [-0.3, -0.25) is 4.98 Å². The van der Waals surface area contributed by atoms with Gasteiger partial charge < -0.3 is 4.90 Å². The first kappa shape index (κ1) is 19.0. The summed E-state index contributed by atoms with van der Waals surface area (Å²) in [6, 6.07) is 15.6. The highest BCUT2D eigenvalue weighted by molar-refractivity contribution is 7.90. The summed E-state index contributed by atoms with van der Waals surface area (Å²) in [5.74, 6) is 0.370. The maximum absolute atomic E-state index is 13.9. The number of piperidine rings is 1. The molecule has 0 bridgehead atoms. The molecule has 5 nitrogen and oxygen atoms in total. The fraction of sp³-hybridized carbons (Fsp3) is 0.320. The highest BCUT2D eigenvalue weighted by Crippen LogP contribution is 2.40. The minimum Gasteiger partial charge on any atom is -0.300 e. The van der Waals surface area contributed by atoms with Gasteiger partial charge in [0.1, 0.15) is 0 Å². The molecule has 4 heterocycles. The Morgan fingerprint density at radius 1 is 0.935 bits per heavy atom. The van der Waals surface area contributed by atoms with Crippen molar-refractivity contribution in [1.29, 1.82) is 0 Å². The second-order valence-electron chi connectivity index (χ2n) is 8.81. The summed E-state index contributed by atoms with van der Waals surface area (Å²) in [4.78, 5) is 7.28. The Morgan fingerprint density at radius 3 is 2.74 bits per heavy atom. The summed E-state index contributed by atoms with van der Waals surface area (Å²) < 4.78 is 29.2. The van der Waals surface area contributed by atoms with Gasteiger partial charge in [-0.05, 0) is 67.8 Å². The summed E-state index contributed by atoms with van der Waals surface area (Å²) in [6.07, 6.45) is 10.1. The average molecular weight is 432 g/mol. The van der Waals surface area contributed by atoms with Gasteiger partial charge in [-0.2, -0.15) is 0 Å². The van der Waals surface area contributed by atoms with Crippen LogP contribution in [0, 0.1) is 0 Å². The van der Waals surface area contributed by atoms with Gasteiger partial charge in [-0.1, -0.05) is 36.4 Å². The number of benzene rings is 2. The number of hydrogen-bond donors (Lipinski definition) is 0. The molecule has 4 aromatic rings. The van der Waals surface area contributed by atoms with E-state index in [9.17, 15) is 8.42 Å². The quantitative estimate of drug-likeness (QED) is 0.469. The van der Waals surface area contributed by atoms with E-state index in [4.69, 9.17) is 0 Å². The van der Waals surface area contributed by atoms with Crippen LogP contribution in [0.1, 0.15) is 37.2 Å². The molecule has 31 heavy (non-hydrogen) atoms. The Morgan fingerprint density at radius 2 is 1.81 bits per heavy atom. The number of fused-ring (bicyclic) bond motifs is 3. The second-order valence-corrected chi connectivity index (χ2v) is 10.6. The topological polar surface area (TPSA) is 55.2 Å². The van der Waals surface area contributed by atoms with E-state index in [1.807, 2.05) is 54.9 Å². The van der Waals surface area contributed by atoms with Crippen LogP contribution in [-0.2, 0) is 10.0 Å². The molecule has 0 spiro atoms. The third-order valence-corrected chi connectivity index (χ3v) is 8.88. The van der Waals surface area contributed by atoms with Crippen LogP contribution in [0.3, 0.4) is 0 Å².